The molecular weight excluding hydrogens is 338 g/mol. The zero-order chi connectivity index (χ0) is 10.7. The minimum atomic E-state index is -0.383. The van der Waals surface area contributed by atoms with Crippen molar-refractivity contribution < 1.29 is 9.21 Å². The maximum Gasteiger partial charge on any atom is 0.215 e. The Morgan fingerprint density at radius 2 is 2.00 bits per heavy atom. The third-order valence-corrected chi connectivity index (χ3v) is 2.94. The Balaban J connectivity index is 0.00000128. The molecular formula is C11H9Br2NO2. The highest BCUT2D eigenvalue weighted by Gasteiger charge is 2.20. The molecule has 0 saturated heterocycles. The van der Waals surface area contributed by atoms with Gasteiger partial charge in [0.2, 0.25) is 5.78 Å². The van der Waals surface area contributed by atoms with E-state index in [0.29, 0.717) is 5.76 Å². The molecule has 2 aromatic heterocycles. The van der Waals surface area contributed by atoms with Crippen LogP contribution < -0.4 is 0 Å². The van der Waals surface area contributed by atoms with Gasteiger partial charge in [0, 0.05) is 12.4 Å². The van der Waals surface area contributed by atoms with Crippen LogP contribution in [0.25, 0.3) is 0 Å². The van der Waals surface area contributed by atoms with Gasteiger partial charge in [-0.3, -0.25) is 9.78 Å². The van der Waals surface area contributed by atoms with E-state index in [1.54, 1.807) is 36.7 Å². The SMILES string of the molecule is Br.O=C(c1ccco1)C(Br)c1ccncc1. The topological polar surface area (TPSA) is 43.1 Å². The van der Waals surface area contributed by atoms with Gasteiger partial charge in [0.05, 0.1) is 6.26 Å². The fraction of sp³-hybridized carbons (Fsp3) is 0.0909. The van der Waals surface area contributed by atoms with Gasteiger partial charge in [0.1, 0.15) is 4.83 Å². The first-order chi connectivity index (χ1) is 7.29. The number of hydrogen-bond donors (Lipinski definition) is 0. The number of Topliss-reactive ketones (excluding diaryl/α,β-unsaturated/α-hetero) is 1. The summed E-state index contributed by atoms with van der Waals surface area (Å²) in [5.74, 6) is 0.264. The van der Waals surface area contributed by atoms with E-state index in [2.05, 4.69) is 20.9 Å². The number of carbonyl (C=O) groups excluding carboxylic acids is 1. The van der Waals surface area contributed by atoms with Gasteiger partial charge in [-0.15, -0.1) is 17.0 Å². The minimum Gasteiger partial charge on any atom is -0.461 e. The lowest BCUT2D eigenvalue weighted by Crippen LogP contribution is -2.05. The number of furan rings is 1. The normalized spacial score (nSPS) is 11.6. The molecule has 0 bridgehead atoms. The van der Waals surface area contributed by atoms with Crippen LogP contribution in [0.1, 0.15) is 20.9 Å². The standard InChI is InChI=1S/C11H8BrNO2.BrH/c12-10(8-3-5-13-6-4-8)11(14)9-2-1-7-15-9;/h1-7,10H;1H. The molecule has 0 saturated carbocycles. The highest BCUT2D eigenvalue weighted by molar-refractivity contribution is 9.09. The summed E-state index contributed by atoms with van der Waals surface area (Å²) in [6, 6.07) is 6.93. The molecule has 0 spiro atoms. The molecule has 0 amide bonds. The van der Waals surface area contributed by atoms with E-state index >= 15 is 0 Å². The van der Waals surface area contributed by atoms with Gasteiger partial charge in [0.15, 0.2) is 5.76 Å². The number of carbonyl (C=O) groups is 1. The Kier molecular flexibility index (Phi) is 4.89. The highest BCUT2D eigenvalue weighted by atomic mass is 79.9. The Bertz CT molecular complexity index is 442. The van der Waals surface area contributed by atoms with Gasteiger partial charge >= 0.3 is 0 Å². The molecule has 2 aromatic rings. The molecule has 0 aliphatic rings. The van der Waals surface area contributed by atoms with E-state index in [4.69, 9.17) is 4.42 Å². The van der Waals surface area contributed by atoms with Gasteiger partial charge in [0.25, 0.3) is 0 Å². The average Bonchev–Trinajstić information content (AvgIpc) is 2.82. The smallest absolute Gasteiger partial charge is 0.215 e. The fourth-order valence-corrected chi connectivity index (χ4v) is 1.76. The van der Waals surface area contributed by atoms with E-state index in [1.807, 2.05) is 0 Å². The molecule has 0 aliphatic carbocycles. The van der Waals surface area contributed by atoms with Crippen LogP contribution in [0.2, 0.25) is 0 Å². The predicted octanol–water partition coefficient (Wildman–Crippen LogP) is 3.57. The highest BCUT2D eigenvalue weighted by Crippen LogP contribution is 2.26. The summed E-state index contributed by atoms with van der Waals surface area (Å²) in [6.07, 6.45) is 4.79. The quantitative estimate of drug-likeness (QED) is 0.630. The Labute approximate surface area is 112 Å². The van der Waals surface area contributed by atoms with Crippen molar-refractivity contribution in [1.82, 2.24) is 4.98 Å². The number of halogens is 2. The largest absolute Gasteiger partial charge is 0.461 e. The molecule has 5 heteroatoms. The molecule has 1 unspecified atom stereocenters. The van der Waals surface area contributed by atoms with Gasteiger partial charge in [-0.1, -0.05) is 15.9 Å². The zero-order valence-corrected chi connectivity index (χ0v) is 11.5. The van der Waals surface area contributed by atoms with Crippen LogP contribution >= 0.6 is 32.9 Å². The monoisotopic (exact) mass is 345 g/mol. The van der Waals surface area contributed by atoms with Crippen LogP contribution in [0.15, 0.2) is 47.3 Å². The molecule has 0 N–H and O–H groups in total. The number of ketones is 1. The molecule has 84 valence electrons. The summed E-state index contributed by atoms with van der Waals surface area (Å²) in [5.41, 5.74) is 0.867. The number of alkyl halides is 1. The molecule has 0 radical (unpaired) electrons. The third kappa shape index (κ3) is 2.80. The predicted molar refractivity (Wildman–Crippen MR) is 69.3 cm³/mol. The lowest BCUT2D eigenvalue weighted by molar-refractivity contribution is 0.0965. The molecule has 1 atom stereocenters. The number of nitrogens with zero attached hydrogens (tertiary/aromatic N) is 1. The van der Waals surface area contributed by atoms with E-state index < -0.39 is 0 Å². The van der Waals surface area contributed by atoms with Crippen molar-refractivity contribution in [2.75, 3.05) is 0 Å². The van der Waals surface area contributed by atoms with Crippen LogP contribution in [0, 0.1) is 0 Å². The number of rotatable bonds is 3. The minimum absolute atomic E-state index is 0. The summed E-state index contributed by atoms with van der Waals surface area (Å²) in [6.45, 7) is 0. The van der Waals surface area contributed by atoms with Gasteiger partial charge < -0.3 is 4.42 Å². The Morgan fingerprint density at radius 3 is 2.56 bits per heavy atom. The molecule has 16 heavy (non-hydrogen) atoms. The lowest BCUT2D eigenvalue weighted by Gasteiger charge is -2.06. The van der Waals surface area contributed by atoms with Gasteiger partial charge in [-0.2, -0.15) is 0 Å². The molecule has 2 rings (SSSR count). The van der Waals surface area contributed by atoms with Crippen LogP contribution in [0.3, 0.4) is 0 Å². The summed E-state index contributed by atoms with van der Waals surface area (Å²) < 4.78 is 5.04. The first-order valence-electron chi connectivity index (χ1n) is 4.41. The zero-order valence-electron chi connectivity index (χ0n) is 8.17. The van der Waals surface area contributed by atoms with Crippen molar-refractivity contribution in [2.45, 2.75) is 4.83 Å². The van der Waals surface area contributed by atoms with E-state index in [0.717, 1.165) is 5.56 Å². The molecule has 0 aliphatic heterocycles. The first kappa shape index (κ1) is 13.1. The third-order valence-electron chi connectivity index (χ3n) is 1.99. The fourth-order valence-electron chi connectivity index (χ4n) is 1.23. The summed E-state index contributed by atoms with van der Waals surface area (Å²) in [4.78, 5) is 15.4. The van der Waals surface area contributed by atoms with Crippen molar-refractivity contribution in [2.24, 2.45) is 0 Å². The summed E-state index contributed by atoms with van der Waals surface area (Å²) in [7, 11) is 0. The second-order valence-electron chi connectivity index (χ2n) is 2.98. The van der Waals surface area contributed by atoms with Crippen molar-refractivity contribution in [3.05, 3.63) is 54.2 Å². The summed E-state index contributed by atoms with van der Waals surface area (Å²) in [5, 5.41) is 0. The van der Waals surface area contributed by atoms with Crippen molar-refractivity contribution in [3.8, 4) is 0 Å². The number of hydrogen-bond acceptors (Lipinski definition) is 3. The molecule has 3 nitrogen and oxygen atoms in total. The van der Waals surface area contributed by atoms with Gasteiger partial charge in [-0.25, -0.2) is 0 Å². The molecule has 2 heterocycles. The van der Waals surface area contributed by atoms with Crippen LogP contribution in [0.5, 0.6) is 0 Å². The van der Waals surface area contributed by atoms with Crippen LogP contribution in [-0.4, -0.2) is 10.8 Å². The van der Waals surface area contributed by atoms with Crippen LogP contribution in [-0.2, 0) is 0 Å². The lowest BCUT2D eigenvalue weighted by atomic mass is 10.1. The van der Waals surface area contributed by atoms with Crippen molar-refractivity contribution in [1.29, 1.82) is 0 Å². The van der Waals surface area contributed by atoms with E-state index in [-0.39, 0.29) is 27.6 Å². The van der Waals surface area contributed by atoms with E-state index in [9.17, 15) is 4.79 Å². The first-order valence-corrected chi connectivity index (χ1v) is 5.32. The summed E-state index contributed by atoms with van der Waals surface area (Å²) >= 11 is 3.34. The maximum atomic E-state index is 11.8. The number of pyridine rings is 1. The van der Waals surface area contributed by atoms with E-state index in [1.165, 1.54) is 6.26 Å². The van der Waals surface area contributed by atoms with Crippen LogP contribution in [0.4, 0.5) is 0 Å². The average molecular weight is 347 g/mol. The molecule has 0 aromatic carbocycles. The number of aromatic nitrogens is 1. The van der Waals surface area contributed by atoms with Crippen molar-refractivity contribution in [3.63, 3.8) is 0 Å². The Morgan fingerprint density at radius 1 is 1.31 bits per heavy atom. The van der Waals surface area contributed by atoms with Gasteiger partial charge in [-0.05, 0) is 29.8 Å². The van der Waals surface area contributed by atoms with Crippen molar-refractivity contribution >= 4 is 38.7 Å². The maximum absolute atomic E-state index is 11.8. The second kappa shape index (κ2) is 5.96. The molecule has 0 fully saturated rings. The Hall–Kier alpha value is -0.940. The second-order valence-corrected chi connectivity index (χ2v) is 3.90.